The van der Waals surface area contributed by atoms with Gasteiger partial charge in [-0.15, -0.1) is 0 Å². The van der Waals surface area contributed by atoms with Gasteiger partial charge in [-0.05, 0) is 42.8 Å². The summed E-state index contributed by atoms with van der Waals surface area (Å²) in [6.45, 7) is 2.53. The number of nitrogens with one attached hydrogen (secondary N) is 1. The molecule has 0 aliphatic carbocycles. The van der Waals surface area contributed by atoms with Gasteiger partial charge in [-0.3, -0.25) is 4.79 Å². The van der Waals surface area contributed by atoms with Gasteiger partial charge in [0.2, 0.25) is 0 Å². The number of rotatable bonds is 5. The first-order chi connectivity index (χ1) is 10.2. The third kappa shape index (κ3) is 4.65. The number of halogens is 1. The van der Waals surface area contributed by atoms with Crippen LogP contribution in [0.4, 0.5) is 5.69 Å². The summed E-state index contributed by atoms with van der Waals surface area (Å²) in [6, 6.07) is 16.6. The van der Waals surface area contributed by atoms with Crippen LogP contribution in [0.15, 0.2) is 59.6 Å². The van der Waals surface area contributed by atoms with E-state index in [2.05, 4.69) is 5.32 Å². The fourth-order valence-corrected chi connectivity index (χ4v) is 1.93. The lowest BCUT2D eigenvalue weighted by Gasteiger charge is -2.06. The first kappa shape index (κ1) is 15.1. The Hall–Kier alpha value is -2.26. The second-order valence-corrected chi connectivity index (χ2v) is 4.72. The van der Waals surface area contributed by atoms with Crippen molar-refractivity contribution in [3.8, 4) is 5.75 Å². The molecule has 4 heteroatoms. The average Bonchev–Trinajstić information content (AvgIpc) is 2.50. The zero-order valence-corrected chi connectivity index (χ0v) is 12.4. The third-order valence-electron chi connectivity index (χ3n) is 2.73. The Morgan fingerprint density at radius 2 is 1.81 bits per heavy atom. The molecule has 0 heterocycles. The van der Waals surface area contributed by atoms with Gasteiger partial charge in [0.05, 0.1) is 6.61 Å². The number of benzene rings is 2. The maximum atomic E-state index is 12.0. The van der Waals surface area contributed by atoms with Crippen LogP contribution in [-0.4, -0.2) is 12.5 Å². The summed E-state index contributed by atoms with van der Waals surface area (Å²) >= 11 is 6.02. The number of hydrogen-bond donors (Lipinski definition) is 1. The Labute approximate surface area is 129 Å². The molecule has 21 heavy (non-hydrogen) atoms. The van der Waals surface area contributed by atoms with E-state index in [1.54, 1.807) is 30.3 Å². The highest BCUT2D eigenvalue weighted by Gasteiger charge is 2.07. The van der Waals surface area contributed by atoms with Crippen LogP contribution < -0.4 is 10.1 Å². The minimum Gasteiger partial charge on any atom is -0.494 e. The van der Waals surface area contributed by atoms with Gasteiger partial charge in [0, 0.05) is 5.69 Å². The van der Waals surface area contributed by atoms with E-state index in [0.29, 0.717) is 12.3 Å². The molecule has 0 aliphatic heterocycles. The summed E-state index contributed by atoms with van der Waals surface area (Å²) in [5.74, 6) is 0.422. The van der Waals surface area contributed by atoms with Crippen molar-refractivity contribution in [3.63, 3.8) is 0 Å². The minimum absolute atomic E-state index is 0.134. The lowest BCUT2D eigenvalue weighted by Crippen LogP contribution is -2.11. The summed E-state index contributed by atoms with van der Waals surface area (Å²) in [5.41, 5.74) is 1.55. The number of carbonyl (C=O) groups is 1. The second kappa shape index (κ2) is 7.50. The van der Waals surface area contributed by atoms with E-state index < -0.39 is 0 Å². The van der Waals surface area contributed by atoms with Gasteiger partial charge in [0.15, 0.2) is 0 Å². The molecule has 0 atom stereocenters. The molecule has 0 unspecified atom stereocenters. The lowest BCUT2D eigenvalue weighted by molar-refractivity contribution is -0.112. The van der Waals surface area contributed by atoms with Crippen LogP contribution >= 0.6 is 11.6 Å². The number of carbonyl (C=O) groups excluding carboxylic acids is 1. The van der Waals surface area contributed by atoms with Crippen LogP contribution in [0.3, 0.4) is 0 Å². The molecule has 0 aliphatic rings. The molecule has 2 aromatic carbocycles. The van der Waals surface area contributed by atoms with Gasteiger partial charge in [-0.25, -0.2) is 0 Å². The van der Waals surface area contributed by atoms with Crippen molar-refractivity contribution >= 4 is 29.3 Å². The van der Waals surface area contributed by atoms with Crippen molar-refractivity contribution in [2.75, 3.05) is 11.9 Å². The van der Waals surface area contributed by atoms with Crippen LogP contribution in [-0.2, 0) is 4.79 Å². The molecule has 0 saturated heterocycles. The largest absolute Gasteiger partial charge is 0.494 e. The molecule has 0 saturated carbocycles. The van der Waals surface area contributed by atoms with Crippen LogP contribution in [0.2, 0.25) is 0 Å². The molecule has 0 bridgehead atoms. The third-order valence-corrected chi connectivity index (χ3v) is 3.01. The molecular formula is C17H16ClNO2. The summed E-state index contributed by atoms with van der Waals surface area (Å²) < 4.78 is 5.34. The smallest absolute Gasteiger partial charge is 0.267 e. The predicted molar refractivity (Wildman–Crippen MR) is 86.5 cm³/mol. The summed E-state index contributed by atoms with van der Waals surface area (Å²) in [7, 11) is 0. The highest BCUT2D eigenvalue weighted by Crippen LogP contribution is 2.17. The second-order valence-electron chi connectivity index (χ2n) is 4.31. The molecule has 2 rings (SSSR count). The molecule has 1 N–H and O–H groups in total. The molecule has 1 amide bonds. The van der Waals surface area contributed by atoms with E-state index in [0.717, 1.165) is 11.3 Å². The van der Waals surface area contributed by atoms with Crippen molar-refractivity contribution in [3.05, 3.63) is 65.2 Å². The monoisotopic (exact) mass is 301 g/mol. The Morgan fingerprint density at radius 3 is 2.43 bits per heavy atom. The average molecular weight is 302 g/mol. The molecule has 0 fully saturated rings. The van der Waals surface area contributed by atoms with Crippen LogP contribution in [0.25, 0.3) is 6.08 Å². The lowest BCUT2D eigenvalue weighted by atomic mass is 10.2. The number of hydrogen-bond acceptors (Lipinski definition) is 2. The standard InChI is InChI=1S/C17H16ClNO2/c1-2-21-15-10-8-14(9-11-15)19-17(20)16(18)12-13-6-4-3-5-7-13/h3-12H,2H2,1H3,(H,19,20)/b16-12-. The molecule has 3 nitrogen and oxygen atoms in total. The fraction of sp³-hybridized carbons (Fsp3) is 0.118. The molecule has 108 valence electrons. The van der Waals surface area contributed by atoms with E-state index in [4.69, 9.17) is 16.3 Å². The summed E-state index contributed by atoms with van der Waals surface area (Å²) in [6.07, 6.45) is 1.63. The van der Waals surface area contributed by atoms with E-state index >= 15 is 0 Å². The van der Waals surface area contributed by atoms with Gasteiger partial charge < -0.3 is 10.1 Å². The maximum absolute atomic E-state index is 12.0. The van der Waals surface area contributed by atoms with Gasteiger partial charge in [-0.1, -0.05) is 41.9 Å². The number of amides is 1. The molecule has 0 radical (unpaired) electrons. The number of anilines is 1. The Balaban J connectivity index is 2.02. The van der Waals surface area contributed by atoms with Crippen LogP contribution in [0, 0.1) is 0 Å². The Bertz CT molecular complexity index is 621. The zero-order valence-electron chi connectivity index (χ0n) is 11.7. The number of ether oxygens (including phenoxy) is 1. The van der Waals surface area contributed by atoms with E-state index in [1.165, 1.54) is 0 Å². The fourth-order valence-electron chi connectivity index (χ4n) is 1.75. The maximum Gasteiger partial charge on any atom is 0.267 e. The van der Waals surface area contributed by atoms with E-state index in [1.807, 2.05) is 37.3 Å². The van der Waals surface area contributed by atoms with Gasteiger partial charge in [0.25, 0.3) is 5.91 Å². The van der Waals surface area contributed by atoms with Crippen molar-refractivity contribution in [2.45, 2.75) is 6.92 Å². The van der Waals surface area contributed by atoms with Gasteiger partial charge >= 0.3 is 0 Å². The van der Waals surface area contributed by atoms with Crippen LogP contribution in [0.5, 0.6) is 5.75 Å². The Kier molecular flexibility index (Phi) is 5.41. The highest BCUT2D eigenvalue weighted by atomic mass is 35.5. The molecule has 0 spiro atoms. The van der Waals surface area contributed by atoms with E-state index in [9.17, 15) is 4.79 Å². The predicted octanol–water partition coefficient (Wildman–Crippen LogP) is 4.30. The van der Waals surface area contributed by atoms with Crippen LogP contribution in [0.1, 0.15) is 12.5 Å². The topological polar surface area (TPSA) is 38.3 Å². The van der Waals surface area contributed by atoms with E-state index in [-0.39, 0.29) is 10.9 Å². The normalized spacial score (nSPS) is 11.0. The van der Waals surface area contributed by atoms with Gasteiger partial charge in [-0.2, -0.15) is 0 Å². The van der Waals surface area contributed by atoms with Crippen molar-refractivity contribution in [1.29, 1.82) is 0 Å². The molecular weight excluding hydrogens is 286 g/mol. The summed E-state index contributed by atoms with van der Waals surface area (Å²) in [5, 5.41) is 2.87. The molecule has 0 aromatic heterocycles. The Morgan fingerprint density at radius 1 is 1.14 bits per heavy atom. The highest BCUT2D eigenvalue weighted by molar-refractivity contribution is 6.45. The first-order valence-electron chi connectivity index (χ1n) is 6.65. The molecule has 2 aromatic rings. The minimum atomic E-state index is -0.343. The van der Waals surface area contributed by atoms with Crippen molar-refractivity contribution in [2.24, 2.45) is 0 Å². The quantitative estimate of drug-likeness (QED) is 0.836. The SMILES string of the molecule is CCOc1ccc(NC(=O)/C(Cl)=C/c2ccccc2)cc1. The van der Waals surface area contributed by atoms with Crippen molar-refractivity contribution < 1.29 is 9.53 Å². The zero-order chi connectivity index (χ0) is 15.1. The van der Waals surface area contributed by atoms with Crippen molar-refractivity contribution in [1.82, 2.24) is 0 Å². The summed E-state index contributed by atoms with van der Waals surface area (Å²) in [4.78, 5) is 12.0. The van der Waals surface area contributed by atoms with Gasteiger partial charge in [0.1, 0.15) is 10.8 Å². The first-order valence-corrected chi connectivity index (χ1v) is 7.03.